The van der Waals surface area contributed by atoms with Crippen molar-refractivity contribution in [1.29, 1.82) is 0 Å². The number of ether oxygens (including phenoxy) is 1. The number of carbonyl (C=O) groups is 1. The molecule has 0 aliphatic carbocycles. The average molecular weight is 462 g/mol. The van der Waals surface area contributed by atoms with E-state index in [1.807, 2.05) is 24.3 Å². The van der Waals surface area contributed by atoms with Crippen LogP contribution in [-0.2, 0) is 11.2 Å². The van der Waals surface area contributed by atoms with Crippen LogP contribution in [0, 0.1) is 0 Å². The molecule has 0 unspecified atom stereocenters. The fraction of sp³-hybridized carbons (Fsp3) is 0.0909. The van der Waals surface area contributed by atoms with Gasteiger partial charge in [-0.25, -0.2) is 4.98 Å². The highest BCUT2D eigenvalue weighted by atomic mass is 35.5. The van der Waals surface area contributed by atoms with Crippen molar-refractivity contribution in [2.45, 2.75) is 6.42 Å². The van der Waals surface area contributed by atoms with Crippen molar-refractivity contribution in [3.8, 4) is 5.75 Å². The van der Waals surface area contributed by atoms with E-state index in [2.05, 4.69) is 10.3 Å². The van der Waals surface area contributed by atoms with Crippen LogP contribution >= 0.6 is 34.8 Å². The van der Waals surface area contributed by atoms with E-state index in [0.717, 1.165) is 5.56 Å². The maximum atomic E-state index is 12.1. The summed E-state index contributed by atoms with van der Waals surface area (Å²) in [6.07, 6.45) is 0.483. The number of halogens is 3. The van der Waals surface area contributed by atoms with E-state index in [0.29, 0.717) is 49.9 Å². The Morgan fingerprint density at radius 3 is 2.43 bits per heavy atom. The first-order valence-electron chi connectivity index (χ1n) is 8.98. The van der Waals surface area contributed by atoms with Crippen LogP contribution in [0.5, 0.6) is 5.75 Å². The molecule has 1 heterocycles. The number of fused-ring (bicyclic) bond motifs is 1. The first-order valence-corrected chi connectivity index (χ1v) is 10.1. The Morgan fingerprint density at radius 2 is 1.70 bits per heavy atom. The van der Waals surface area contributed by atoms with Gasteiger partial charge < -0.3 is 14.5 Å². The van der Waals surface area contributed by atoms with Gasteiger partial charge >= 0.3 is 0 Å². The summed E-state index contributed by atoms with van der Waals surface area (Å²) >= 11 is 18.0. The summed E-state index contributed by atoms with van der Waals surface area (Å²) in [6.45, 7) is -0.102. The van der Waals surface area contributed by atoms with Crippen LogP contribution < -0.4 is 10.1 Å². The molecule has 0 atom stereocenters. The minimum absolute atomic E-state index is 0.102. The van der Waals surface area contributed by atoms with Gasteiger partial charge in [-0.05, 0) is 54.1 Å². The zero-order valence-electron chi connectivity index (χ0n) is 15.5. The number of benzene rings is 3. The average Bonchev–Trinajstić information content (AvgIpc) is 3.12. The maximum Gasteiger partial charge on any atom is 0.262 e. The Morgan fingerprint density at radius 1 is 0.967 bits per heavy atom. The molecule has 0 saturated carbocycles. The lowest BCUT2D eigenvalue weighted by Gasteiger charge is -2.08. The third-order valence-corrected chi connectivity index (χ3v) is 4.98. The van der Waals surface area contributed by atoms with Gasteiger partial charge in [-0.3, -0.25) is 4.79 Å². The smallest absolute Gasteiger partial charge is 0.262 e. The summed E-state index contributed by atoms with van der Waals surface area (Å²) in [7, 11) is 0. The summed E-state index contributed by atoms with van der Waals surface area (Å²) in [5.74, 6) is 0.843. The van der Waals surface area contributed by atoms with Crippen LogP contribution in [-0.4, -0.2) is 17.5 Å². The van der Waals surface area contributed by atoms with Crippen LogP contribution in [0.2, 0.25) is 15.1 Å². The van der Waals surface area contributed by atoms with E-state index < -0.39 is 0 Å². The van der Waals surface area contributed by atoms with Crippen molar-refractivity contribution < 1.29 is 13.9 Å². The predicted octanol–water partition coefficient (Wildman–Crippen LogP) is 6.40. The Kier molecular flexibility index (Phi) is 6.13. The Hall–Kier alpha value is -2.73. The second kappa shape index (κ2) is 8.96. The number of oxazole rings is 1. The van der Waals surface area contributed by atoms with E-state index in [-0.39, 0.29) is 12.5 Å². The zero-order chi connectivity index (χ0) is 21.1. The van der Waals surface area contributed by atoms with Gasteiger partial charge in [0, 0.05) is 22.2 Å². The molecular weight excluding hydrogens is 447 g/mol. The molecule has 0 aliphatic rings. The lowest BCUT2D eigenvalue weighted by Crippen LogP contribution is -2.20. The van der Waals surface area contributed by atoms with Gasteiger partial charge in [0.2, 0.25) is 0 Å². The molecule has 0 aliphatic heterocycles. The molecule has 1 aromatic heterocycles. The number of amides is 1. The number of hydrogen-bond acceptors (Lipinski definition) is 4. The van der Waals surface area contributed by atoms with E-state index in [9.17, 15) is 4.79 Å². The molecule has 30 heavy (non-hydrogen) atoms. The Balaban J connectivity index is 1.35. The van der Waals surface area contributed by atoms with Gasteiger partial charge in [0.05, 0.1) is 5.02 Å². The fourth-order valence-corrected chi connectivity index (χ4v) is 3.49. The highest BCUT2D eigenvalue weighted by Gasteiger charge is 2.11. The second-order valence-electron chi connectivity index (χ2n) is 6.51. The minimum atomic E-state index is -0.261. The van der Waals surface area contributed by atoms with Crippen LogP contribution in [0.25, 0.3) is 11.1 Å². The van der Waals surface area contributed by atoms with Crippen LogP contribution in [0.15, 0.2) is 65.1 Å². The molecule has 0 bridgehead atoms. The molecule has 0 spiro atoms. The van der Waals surface area contributed by atoms with Crippen LogP contribution in [0.1, 0.15) is 11.5 Å². The molecule has 152 valence electrons. The van der Waals surface area contributed by atoms with E-state index in [1.54, 1.807) is 36.4 Å². The number of nitrogens with zero attached hydrogens (tertiary/aromatic N) is 1. The molecule has 3 aromatic carbocycles. The SMILES string of the molecule is O=C(COc1ccc(Cl)cc1)Nc1ccc(Cc2nc3cc(Cl)cc(Cl)c3o2)cc1. The number of hydrogen-bond donors (Lipinski definition) is 1. The Bertz CT molecular complexity index is 1190. The maximum absolute atomic E-state index is 12.1. The molecule has 0 fully saturated rings. The van der Waals surface area contributed by atoms with Gasteiger partial charge in [0.15, 0.2) is 18.1 Å². The first kappa shape index (κ1) is 20.5. The summed E-state index contributed by atoms with van der Waals surface area (Å²) in [6, 6.07) is 17.5. The third kappa shape index (κ3) is 5.05. The third-order valence-electron chi connectivity index (χ3n) is 4.23. The fourth-order valence-electron chi connectivity index (χ4n) is 2.84. The standard InChI is InChI=1S/C22H15Cl3N2O3/c23-14-3-7-17(8-4-14)29-12-20(28)26-16-5-1-13(2-6-16)9-21-27-19-11-15(24)10-18(25)22(19)30-21/h1-8,10-11H,9,12H2,(H,26,28). The topological polar surface area (TPSA) is 64.4 Å². The van der Waals surface area contributed by atoms with Crippen molar-refractivity contribution >= 4 is 57.5 Å². The van der Waals surface area contributed by atoms with Crippen LogP contribution in [0.3, 0.4) is 0 Å². The van der Waals surface area contributed by atoms with Crippen molar-refractivity contribution in [3.05, 3.63) is 87.2 Å². The summed E-state index contributed by atoms with van der Waals surface area (Å²) in [4.78, 5) is 16.5. The largest absolute Gasteiger partial charge is 0.484 e. The number of rotatable bonds is 6. The second-order valence-corrected chi connectivity index (χ2v) is 7.79. The number of carbonyl (C=O) groups excluding carboxylic acids is 1. The number of aromatic nitrogens is 1. The lowest BCUT2D eigenvalue weighted by molar-refractivity contribution is -0.118. The van der Waals surface area contributed by atoms with Crippen molar-refractivity contribution in [1.82, 2.24) is 4.98 Å². The quantitative estimate of drug-likeness (QED) is 0.361. The van der Waals surface area contributed by atoms with Crippen LogP contribution in [0.4, 0.5) is 5.69 Å². The Labute approximate surface area is 187 Å². The number of nitrogens with one attached hydrogen (secondary N) is 1. The molecule has 4 aromatic rings. The number of anilines is 1. The van der Waals surface area contributed by atoms with Gasteiger partial charge in [-0.1, -0.05) is 46.9 Å². The molecular formula is C22H15Cl3N2O3. The summed E-state index contributed by atoms with van der Waals surface area (Å²) in [5, 5.41) is 4.33. The summed E-state index contributed by atoms with van der Waals surface area (Å²) in [5.41, 5.74) is 2.77. The normalized spacial score (nSPS) is 10.9. The lowest BCUT2D eigenvalue weighted by atomic mass is 10.1. The molecule has 1 amide bonds. The molecule has 8 heteroatoms. The minimum Gasteiger partial charge on any atom is -0.484 e. The van der Waals surface area contributed by atoms with Gasteiger partial charge in [0.1, 0.15) is 11.3 Å². The monoisotopic (exact) mass is 460 g/mol. The molecule has 0 saturated heterocycles. The summed E-state index contributed by atoms with van der Waals surface area (Å²) < 4.78 is 11.2. The molecule has 0 radical (unpaired) electrons. The predicted molar refractivity (Wildman–Crippen MR) is 119 cm³/mol. The molecule has 5 nitrogen and oxygen atoms in total. The van der Waals surface area contributed by atoms with E-state index in [4.69, 9.17) is 44.0 Å². The van der Waals surface area contributed by atoms with Gasteiger partial charge in [-0.2, -0.15) is 0 Å². The highest BCUT2D eigenvalue weighted by Crippen LogP contribution is 2.29. The van der Waals surface area contributed by atoms with E-state index in [1.165, 1.54) is 0 Å². The highest BCUT2D eigenvalue weighted by molar-refractivity contribution is 6.38. The molecule has 4 rings (SSSR count). The zero-order valence-corrected chi connectivity index (χ0v) is 17.8. The van der Waals surface area contributed by atoms with Crippen molar-refractivity contribution in [2.24, 2.45) is 0 Å². The van der Waals surface area contributed by atoms with Crippen molar-refractivity contribution in [2.75, 3.05) is 11.9 Å². The van der Waals surface area contributed by atoms with E-state index >= 15 is 0 Å². The van der Waals surface area contributed by atoms with Gasteiger partial charge in [-0.15, -0.1) is 0 Å². The van der Waals surface area contributed by atoms with Gasteiger partial charge in [0.25, 0.3) is 5.91 Å². The molecule has 1 N–H and O–H groups in total. The van der Waals surface area contributed by atoms with Crippen molar-refractivity contribution in [3.63, 3.8) is 0 Å². The first-order chi connectivity index (χ1) is 14.5.